The summed E-state index contributed by atoms with van der Waals surface area (Å²) in [6.07, 6.45) is 2.65. The molecule has 1 aromatic heterocycles. The van der Waals surface area contributed by atoms with Crippen LogP contribution in [0.2, 0.25) is 0 Å². The van der Waals surface area contributed by atoms with E-state index in [2.05, 4.69) is 15.1 Å². The number of nitrogens with zero attached hydrogens (tertiary/aromatic N) is 3. The summed E-state index contributed by atoms with van der Waals surface area (Å²) in [6.45, 7) is 11.0. The number of aromatic nitrogens is 2. The van der Waals surface area contributed by atoms with E-state index in [0.717, 1.165) is 19.3 Å². The molecule has 0 spiro atoms. The van der Waals surface area contributed by atoms with Gasteiger partial charge in [0, 0.05) is 30.7 Å². The Hall–Kier alpha value is -2.66. The van der Waals surface area contributed by atoms with Gasteiger partial charge < -0.3 is 15.1 Å². The lowest BCUT2D eigenvalue weighted by Crippen LogP contribution is -2.35. The highest BCUT2D eigenvalue weighted by molar-refractivity contribution is 5.87. The van der Waals surface area contributed by atoms with E-state index in [4.69, 9.17) is 6.57 Å². The molecule has 7 nitrogen and oxygen atoms in total. The summed E-state index contributed by atoms with van der Waals surface area (Å²) >= 11 is 0. The van der Waals surface area contributed by atoms with Crippen LogP contribution in [-0.2, 0) is 0 Å². The number of rotatable bonds is 5. The number of H-pyrrole nitrogens is 1. The number of halogens is 1. The molecule has 2 fully saturated rings. The lowest BCUT2D eigenvalue weighted by molar-refractivity contribution is 0.566. The van der Waals surface area contributed by atoms with Crippen LogP contribution >= 0.6 is 0 Å². The van der Waals surface area contributed by atoms with E-state index in [1.807, 2.05) is 4.90 Å². The summed E-state index contributed by atoms with van der Waals surface area (Å²) in [4.78, 5) is 32.2. The van der Waals surface area contributed by atoms with Crippen molar-refractivity contribution in [2.24, 2.45) is 0 Å². The molecule has 27 heavy (non-hydrogen) atoms. The molecule has 1 aromatic carbocycles. The van der Waals surface area contributed by atoms with Gasteiger partial charge in [0.1, 0.15) is 5.82 Å². The van der Waals surface area contributed by atoms with E-state index in [-0.39, 0.29) is 17.5 Å². The van der Waals surface area contributed by atoms with Gasteiger partial charge >= 0.3 is 5.69 Å². The molecule has 1 aliphatic carbocycles. The van der Waals surface area contributed by atoms with Crippen molar-refractivity contribution in [1.82, 2.24) is 14.9 Å². The maximum atomic E-state index is 15.0. The minimum Gasteiger partial charge on any atom is -0.367 e. The van der Waals surface area contributed by atoms with Crippen molar-refractivity contribution in [3.63, 3.8) is 0 Å². The highest BCUT2D eigenvalue weighted by Crippen LogP contribution is 2.38. The van der Waals surface area contributed by atoms with Gasteiger partial charge in [-0.2, -0.15) is 0 Å². The van der Waals surface area contributed by atoms with Crippen molar-refractivity contribution in [2.45, 2.75) is 38.3 Å². The summed E-state index contributed by atoms with van der Waals surface area (Å²) in [5.41, 5.74) is 0.696. The molecule has 1 saturated carbocycles. The second kappa shape index (κ2) is 6.82. The van der Waals surface area contributed by atoms with Gasteiger partial charge in [-0.15, -0.1) is 0 Å². The topological polar surface area (TPSA) is 74.5 Å². The summed E-state index contributed by atoms with van der Waals surface area (Å²) in [6, 6.07) is 1.54. The van der Waals surface area contributed by atoms with Gasteiger partial charge in [-0.25, -0.2) is 15.8 Å². The first-order valence-corrected chi connectivity index (χ1v) is 9.30. The van der Waals surface area contributed by atoms with Crippen molar-refractivity contribution in [3.8, 4) is 0 Å². The van der Waals surface area contributed by atoms with Crippen LogP contribution < -0.4 is 21.5 Å². The molecule has 8 heteroatoms. The van der Waals surface area contributed by atoms with Crippen LogP contribution in [-0.4, -0.2) is 41.8 Å². The van der Waals surface area contributed by atoms with Crippen LogP contribution in [0.25, 0.3) is 15.7 Å². The predicted molar refractivity (Wildman–Crippen MR) is 102 cm³/mol. The smallest absolute Gasteiger partial charge is 0.329 e. The van der Waals surface area contributed by atoms with E-state index in [0.29, 0.717) is 42.9 Å². The predicted octanol–water partition coefficient (Wildman–Crippen LogP) is 1.56. The summed E-state index contributed by atoms with van der Waals surface area (Å²) in [5, 5.41) is 3.56. The molecule has 0 radical (unpaired) electrons. The van der Waals surface area contributed by atoms with Gasteiger partial charge in [0.25, 0.3) is 5.56 Å². The molecule has 2 heterocycles. The third kappa shape index (κ3) is 3.12. The lowest BCUT2D eigenvalue weighted by Gasteiger charge is -2.24. The molecular formula is C19H22FN5O2. The lowest BCUT2D eigenvalue weighted by atomic mass is 10.1. The third-order valence-electron chi connectivity index (χ3n) is 5.46. The Morgan fingerprint density at radius 2 is 2.15 bits per heavy atom. The standard InChI is InChI=1S/C19H22FN5O2/c1-11-16-14(18(26)23-19(27)25(16)13-3-4-13)9-15(20)17(11)24-8-5-12(10-24)22-7-6-21-2/h9,12-13,22H,3-8,10H2,1H3,(H,23,26,27). The van der Waals surface area contributed by atoms with Crippen LogP contribution in [0.15, 0.2) is 15.7 Å². The van der Waals surface area contributed by atoms with Gasteiger partial charge in [0.2, 0.25) is 6.54 Å². The van der Waals surface area contributed by atoms with Gasteiger partial charge in [-0.1, -0.05) is 0 Å². The number of hydrogen-bond acceptors (Lipinski definition) is 4. The molecule has 2 N–H and O–H groups in total. The Kier molecular flexibility index (Phi) is 4.48. The molecule has 0 bridgehead atoms. The Bertz CT molecular complexity index is 1050. The number of anilines is 1. The largest absolute Gasteiger partial charge is 0.367 e. The maximum absolute atomic E-state index is 15.0. The van der Waals surface area contributed by atoms with Gasteiger partial charge in [0.05, 0.1) is 23.1 Å². The first-order chi connectivity index (χ1) is 13.0. The fraction of sp³-hybridized carbons (Fsp3) is 0.526. The number of hydrogen-bond donors (Lipinski definition) is 2. The molecule has 2 aliphatic rings. The summed E-state index contributed by atoms with van der Waals surface area (Å²) < 4.78 is 16.6. The molecule has 1 atom stereocenters. The van der Waals surface area contributed by atoms with Crippen LogP contribution in [0.5, 0.6) is 0 Å². The normalized spacial score (nSPS) is 19.6. The Morgan fingerprint density at radius 3 is 2.85 bits per heavy atom. The average Bonchev–Trinajstić information content (AvgIpc) is 3.35. The van der Waals surface area contributed by atoms with E-state index in [1.165, 1.54) is 6.07 Å². The quantitative estimate of drug-likeness (QED) is 0.618. The zero-order valence-electron chi connectivity index (χ0n) is 15.2. The second-order valence-corrected chi connectivity index (χ2v) is 7.36. The summed E-state index contributed by atoms with van der Waals surface area (Å²) in [7, 11) is 0. The van der Waals surface area contributed by atoms with Crippen LogP contribution in [0, 0.1) is 19.3 Å². The fourth-order valence-corrected chi connectivity index (χ4v) is 4.09. The molecule has 2 aromatic rings. The second-order valence-electron chi connectivity index (χ2n) is 7.36. The molecule has 142 valence electrons. The first kappa shape index (κ1) is 17.7. The Balaban J connectivity index is 1.76. The highest BCUT2D eigenvalue weighted by atomic mass is 19.1. The summed E-state index contributed by atoms with van der Waals surface area (Å²) in [5.74, 6) is -0.437. The SMILES string of the molecule is [C-]#[N+]CCNC1CCN(c2c(F)cc3c(=O)[nH]c(=O)n(C4CC4)c3c2C)C1. The zero-order chi connectivity index (χ0) is 19.1. The van der Waals surface area contributed by atoms with Crippen molar-refractivity contribution in [2.75, 3.05) is 31.1 Å². The number of aromatic amines is 1. The van der Waals surface area contributed by atoms with Crippen LogP contribution in [0.4, 0.5) is 10.1 Å². The van der Waals surface area contributed by atoms with Crippen LogP contribution in [0.3, 0.4) is 0 Å². The maximum Gasteiger partial charge on any atom is 0.329 e. The van der Waals surface area contributed by atoms with E-state index in [1.54, 1.807) is 11.5 Å². The zero-order valence-corrected chi connectivity index (χ0v) is 15.2. The van der Waals surface area contributed by atoms with Gasteiger partial charge in [-0.3, -0.25) is 14.3 Å². The molecule has 1 saturated heterocycles. The molecule has 1 unspecified atom stereocenters. The number of aryl methyl sites for hydroxylation is 1. The van der Waals surface area contributed by atoms with E-state index >= 15 is 0 Å². The Labute approximate surface area is 155 Å². The van der Waals surface area contributed by atoms with E-state index < -0.39 is 17.1 Å². The van der Waals surface area contributed by atoms with Crippen molar-refractivity contribution >= 4 is 16.6 Å². The Morgan fingerprint density at radius 1 is 1.37 bits per heavy atom. The van der Waals surface area contributed by atoms with Crippen molar-refractivity contribution in [1.29, 1.82) is 0 Å². The third-order valence-corrected chi connectivity index (χ3v) is 5.46. The van der Waals surface area contributed by atoms with E-state index in [9.17, 15) is 14.0 Å². The molecule has 1 aliphatic heterocycles. The minimum atomic E-state index is -0.541. The van der Waals surface area contributed by atoms with Crippen molar-refractivity contribution in [3.05, 3.63) is 49.7 Å². The average molecular weight is 371 g/mol. The number of fused-ring (bicyclic) bond motifs is 1. The monoisotopic (exact) mass is 371 g/mol. The highest BCUT2D eigenvalue weighted by Gasteiger charge is 2.31. The molecule has 0 amide bonds. The van der Waals surface area contributed by atoms with Gasteiger partial charge in [0.15, 0.2) is 0 Å². The number of benzene rings is 1. The molecular weight excluding hydrogens is 349 g/mol. The van der Waals surface area contributed by atoms with Crippen molar-refractivity contribution < 1.29 is 4.39 Å². The number of nitrogens with one attached hydrogen (secondary N) is 2. The minimum absolute atomic E-state index is 0.0791. The van der Waals surface area contributed by atoms with Crippen LogP contribution in [0.1, 0.15) is 30.9 Å². The first-order valence-electron chi connectivity index (χ1n) is 9.30. The molecule has 4 rings (SSSR count). The fourth-order valence-electron chi connectivity index (χ4n) is 4.09. The van der Waals surface area contributed by atoms with Gasteiger partial charge in [-0.05, 0) is 32.3 Å².